The van der Waals surface area contributed by atoms with Crippen molar-refractivity contribution >= 4 is 19.3 Å². The first kappa shape index (κ1) is 13.1. The minimum absolute atomic E-state index is 0.125. The van der Waals surface area contributed by atoms with Gasteiger partial charge in [-0.3, -0.25) is 0 Å². The highest BCUT2D eigenvalue weighted by Crippen LogP contribution is 2.01. The SMILES string of the molecule is CC(C)(C)N[Si](c1ccccc1)c1ccccc1. The van der Waals surface area contributed by atoms with E-state index in [1.54, 1.807) is 0 Å². The average Bonchev–Trinajstić information content (AvgIpc) is 2.37. The quantitative estimate of drug-likeness (QED) is 0.828. The van der Waals surface area contributed by atoms with Crippen LogP contribution >= 0.6 is 0 Å². The first-order valence-corrected chi connectivity index (χ1v) is 7.82. The van der Waals surface area contributed by atoms with Crippen molar-refractivity contribution < 1.29 is 0 Å². The van der Waals surface area contributed by atoms with Crippen LogP contribution in [0.2, 0.25) is 0 Å². The summed E-state index contributed by atoms with van der Waals surface area (Å²) < 4.78 is 0. The lowest BCUT2D eigenvalue weighted by Gasteiger charge is -2.27. The van der Waals surface area contributed by atoms with Crippen molar-refractivity contribution in [2.24, 2.45) is 0 Å². The molecule has 2 aromatic carbocycles. The van der Waals surface area contributed by atoms with E-state index >= 15 is 0 Å². The zero-order valence-electron chi connectivity index (χ0n) is 11.3. The molecule has 0 heterocycles. The lowest BCUT2D eigenvalue weighted by atomic mass is 10.1. The smallest absolute Gasteiger partial charge is 0.206 e. The van der Waals surface area contributed by atoms with Crippen LogP contribution in [0.1, 0.15) is 20.8 Å². The Hall–Kier alpha value is -1.38. The van der Waals surface area contributed by atoms with Crippen LogP contribution in [0.15, 0.2) is 60.7 Å². The average molecular weight is 254 g/mol. The van der Waals surface area contributed by atoms with Gasteiger partial charge in [0, 0.05) is 5.54 Å². The van der Waals surface area contributed by atoms with Gasteiger partial charge in [0.05, 0.1) is 0 Å². The second-order valence-corrected chi connectivity index (χ2v) is 7.64. The molecule has 0 unspecified atom stereocenters. The standard InChI is InChI=1S/C16H20NSi/c1-16(2,3)17-18(14-10-6-4-7-11-14)15-12-8-5-9-13-15/h4-13,17H,1-3H3. The van der Waals surface area contributed by atoms with Gasteiger partial charge in [0.25, 0.3) is 0 Å². The van der Waals surface area contributed by atoms with E-state index in [1.807, 2.05) is 0 Å². The number of nitrogens with one attached hydrogen (secondary N) is 1. The van der Waals surface area contributed by atoms with Crippen LogP contribution in [-0.2, 0) is 0 Å². The van der Waals surface area contributed by atoms with E-state index in [0.717, 1.165) is 0 Å². The van der Waals surface area contributed by atoms with Gasteiger partial charge in [-0.1, -0.05) is 60.7 Å². The van der Waals surface area contributed by atoms with Crippen LogP contribution < -0.4 is 15.4 Å². The predicted molar refractivity (Wildman–Crippen MR) is 80.8 cm³/mol. The van der Waals surface area contributed by atoms with Crippen molar-refractivity contribution in [3.63, 3.8) is 0 Å². The van der Waals surface area contributed by atoms with Gasteiger partial charge in [0.2, 0.25) is 8.96 Å². The third kappa shape index (κ3) is 3.55. The number of hydrogen-bond donors (Lipinski definition) is 1. The molecule has 0 amide bonds. The van der Waals surface area contributed by atoms with E-state index in [1.165, 1.54) is 10.4 Å². The van der Waals surface area contributed by atoms with Crippen molar-refractivity contribution in [2.75, 3.05) is 0 Å². The van der Waals surface area contributed by atoms with Gasteiger partial charge in [-0.15, -0.1) is 0 Å². The molecule has 0 saturated heterocycles. The minimum atomic E-state index is -0.907. The van der Waals surface area contributed by atoms with Crippen molar-refractivity contribution in [1.29, 1.82) is 0 Å². The maximum atomic E-state index is 3.79. The van der Waals surface area contributed by atoms with Gasteiger partial charge in [-0.25, -0.2) is 0 Å². The predicted octanol–water partition coefficient (Wildman–Crippen LogP) is 2.18. The molecular formula is C16H20NSi. The van der Waals surface area contributed by atoms with Gasteiger partial charge >= 0.3 is 0 Å². The Morgan fingerprint density at radius 3 is 1.44 bits per heavy atom. The molecule has 1 radical (unpaired) electrons. The Morgan fingerprint density at radius 1 is 0.722 bits per heavy atom. The van der Waals surface area contributed by atoms with Crippen LogP contribution in [0.4, 0.5) is 0 Å². The van der Waals surface area contributed by atoms with Crippen LogP contribution in [0.25, 0.3) is 0 Å². The lowest BCUT2D eigenvalue weighted by molar-refractivity contribution is 0.522. The van der Waals surface area contributed by atoms with E-state index in [-0.39, 0.29) is 5.54 Å². The summed E-state index contributed by atoms with van der Waals surface area (Å²) in [6.45, 7) is 6.68. The van der Waals surface area contributed by atoms with Crippen molar-refractivity contribution in [1.82, 2.24) is 4.98 Å². The Morgan fingerprint density at radius 2 is 1.11 bits per heavy atom. The Bertz CT molecular complexity index is 434. The van der Waals surface area contributed by atoms with Gasteiger partial charge < -0.3 is 4.98 Å². The molecule has 2 rings (SSSR count). The fraction of sp³-hybridized carbons (Fsp3) is 0.250. The van der Waals surface area contributed by atoms with Crippen LogP contribution in [0, 0.1) is 0 Å². The highest BCUT2D eigenvalue weighted by atomic mass is 28.3. The summed E-state index contributed by atoms with van der Waals surface area (Å²) >= 11 is 0. The third-order valence-corrected chi connectivity index (χ3v) is 5.45. The lowest BCUT2D eigenvalue weighted by Crippen LogP contribution is -2.60. The molecule has 2 heteroatoms. The molecule has 2 aromatic rings. The normalized spacial score (nSPS) is 11.8. The van der Waals surface area contributed by atoms with Gasteiger partial charge in [-0.05, 0) is 31.1 Å². The topological polar surface area (TPSA) is 12.0 Å². The highest BCUT2D eigenvalue weighted by Gasteiger charge is 2.22. The number of benzene rings is 2. The summed E-state index contributed by atoms with van der Waals surface area (Å²) in [5.41, 5.74) is 0.125. The van der Waals surface area contributed by atoms with Crippen LogP contribution in [0.5, 0.6) is 0 Å². The Balaban J connectivity index is 2.36. The first-order chi connectivity index (χ1) is 8.56. The molecule has 0 aliphatic carbocycles. The molecule has 0 bridgehead atoms. The minimum Gasteiger partial charge on any atom is -0.326 e. The van der Waals surface area contributed by atoms with Gasteiger partial charge in [-0.2, -0.15) is 0 Å². The molecule has 0 aromatic heterocycles. The third-order valence-electron chi connectivity index (χ3n) is 2.62. The van der Waals surface area contributed by atoms with Crippen LogP contribution in [0.3, 0.4) is 0 Å². The van der Waals surface area contributed by atoms with Crippen molar-refractivity contribution in [3.8, 4) is 0 Å². The summed E-state index contributed by atoms with van der Waals surface area (Å²) in [7, 11) is -0.907. The Labute approximate surface area is 112 Å². The molecule has 0 saturated carbocycles. The first-order valence-electron chi connectivity index (χ1n) is 6.32. The fourth-order valence-electron chi connectivity index (χ4n) is 1.90. The molecule has 1 nitrogen and oxygen atoms in total. The second kappa shape index (κ2) is 5.51. The molecular weight excluding hydrogens is 234 g/mol. The summed E-state index contributed by atoms with van der Waals surface area (Å²) in [6, 6.07) is 21.5. The summed E-state index contributed by atoms with van der Waals surface area (Å²) in [5, 5.41) is 2.81. The maximum Gasteiger partial charge on any atom is 0.206 e. The monoisotopic (exact) mass is 254 g/mol. The van der Waals surface area contributed by atoms with E-state index in [4.69, 9.17) is 0 Å². The molecule has 0 aliphatic rings. The number of rotatable bonds is 3. The fourth-order valence-corrected chi connectivity index (χ4v) is 4.32. The van der Waals surface area contributed by atoms with Gasteiger partial charge in [0.15, 0.2) is 0 Å². The van der Waals surface area contributed by atoms with Crippen molar-refractivity contribution in [2.45, 2.75) is 26.3 Å². The summed E-state index contributed by atoms with van der Waals surface area (Å²) in [5.74, 6) is 0. The molecule has 18 heavy (non-hydrogen) atoms. The molecule has 93 valence electrons. The highest BCUT2D eigenvalue weighted by molar-refractivity contribution is 6.83. The van der Waals surface area contributed by atoms with Crippen LogP contribution in [-0.4, -0.2) is 14.5 Å². The number of hydrogen-bond acceptors (Lipinski definition) is 1. The zero-order chi connectivity index (χ0) is 13.0. The molecule has 0 fully saturated rings. The largest absolute Gasteiger partial charge is 0.326 e. The molecule has 0 aliphatic heterocycles. The maximum absolute atomic E-state index is 3.79. The summed E-state index contributed by atoms with van der Waals surface area (Å²) in [4.78, 5) is 3.79. The molecule has 0 atom stereocenters. The van der Waals surface area contributed by atoms with E-state index in [2.05, 4.69) is 86.4 Å². The van der Waals surface area contributed by atoms with E-state index < -0.39 is 8.96 Å². The van der Waals surface area contributed by atoms with E-state index in [0.29, 0.717) is 0 Å². The van der Waals surface area contributed by atoms with Crippen molar-refractivity contribution in [3.05, 3.63) is 60.7 Å². The van der Waals surface area contributed by atoms with E-state index in [9.17, 15) is 0 Å². The molecule has 0 spiro atoms. The Kier molecular flexibility index (Phi) is 3.99. The summed E-state index contributed by atoms with van der Waals surface area (Å²) in [6.07, 6.45) is 0. The zero-order valence-corrected chi connectivity index (χ0v) is 12.3. The van der Waals surface area contributed by atoms with Gasteiger partial charge in [0.1, 0.15) is 0 Å². The molecule has 1 N–H and O–H groups in total. The second-order valence-electron chi connectivity index (χ2n) is 5.48.